The average Bonchev–Trinajstić information content (AvgIpc) is 3.25. The summed E-state index contributed by atoms with van der Waals surface area (Å²) < 4.78 is 0. The third-order valence-corrected chi connectivity index (χ3v) is 5.81. The fourth-order valence-electron chi connectivity index (χ4n) is 2.61. The van der Waals surface area contributed by atoms with Crippen LogP contribution in [-0.2, 0) is 16.0 Å². The normalized spacial score (nSPS) is 13.7. The van der Waals surface area contributed by atoms with Crippen LogP contribution in [0.15, 0.2) is 34.5 Å². The molecule has 1 N–H and O–H groups in total. The number of benzene rings is 1. The van der Waals surface area contributed by atoms with E-state index in [2.05, 4.69) is 16.4 Å². The molecule has 26 heavy (non-hydrogen) atoms. The molecule has 0 saturated carbocycles. The highest BCUT2D eigenvalue weighted by molar-refractivity contribution is 7.99. The summed E-state index contributed by atoms with van der Waals surface area (Å²) in [5.74, 6) is 0.629. The monoisotopic (exact) mass is 386 g/mol. The first-order valence-electron chi connectivity index (χ1n) is 8.31. The molecule has 6 nitrogen and oxygen atoms in total. The van der Waals surface area contributed by atoms with Crippen LogP contribution in [0.25, 0.3) is 0 Å². The van der Waals surface area contributed by atoms with E-state index in [0.29, 0.717) is 36.0 Å². The molecular weight excluding hydrogens is 368 g/mol. The number of amides is 2. The number of thiazole rings is 1. The number of para-hydroxylation sites is 1. The number of anilines is 2. The minimum Gasteiger partial charge on any atom is -0.325 e. The second kappa shape index (κ2) is 8.83. The van der Waals surface area contributed by atoms with Crippen LogP contribution < -0.4 is 10.2 Å². The number of hydrogen-bond acceptors (Lipinski definition) is 6. The number of nitrogens with zero attached hydrogens (tertiary/aromatic N) is 3. The summed E-state index contributed by atoms with van der Waals surface area (Å²) >= 11 is 2.94. The van der Waals surface area contributed by atoms with Crippen molar-refractivity contribution in [1.82, 2.24) is 4.98 Å². The van der Waals surface area contributed by atoms with Crippen LogP contribution in [0.1, 0.15) is 25.0 Å². The van der Waals surface area contributed by atoms with Crippen molar-refractivity contribution in [3.8, 4) is 6.07 Å². The molecule has 8 heteroatoms. The van der Waals surface area contributed by atoms with Crippen molar-refractivity contribution in [1.29, 1.82) is 5.26 Å². The van der Waals surface area contributed by atoms with Crippen molar-refractivity contribution in [2.24, 2.45) is 0 Å². The van der Waals surface area contributed by atoms with E-state index in [-0.39, 0.29) is 18.2 Å². The molecule has 1 aromatic heterocycles. The molecule has 1 saturated heterocycles. The molecule has 0 radical (unpaired) electrons. The highest BCUT2D eigenvalue weighted by Gasteiger charge is 2.24. The topological polar surface area (TPSA) is 86.1 Å². The van der Waals surface area contributed by atoms with Crippen LogP contribution in [-0.4, -0.2) is 29.1 Å². The van der Waals surface area contributed by atoms with Gasteiger partial charge in [-0.15, -0.1) is 23.1 Å². The maximum atomic E-state index is 12.4. The summed E-state index contributed by atoms with van der Waals surface area (Å²) in [5.41, 5.74) is 1.41. The third-order valence-electron chi connectivity index (χ3n) is 3.82. The Labute approximate surface area is 160 Å². The standard InChI is InChI=1S/C18H18N4O2S2/c19-8-4-10-25-15-6-2-1-5-14(15)21-16(23)11-13-12-26-18(20-13)22-9-3-7-17(22)24/h1-2,5-6,12H,3-4,7,9-11H2,(H,21,23). The maximum absolute atomic E-state index is 12.4. The summed E-state index contributed by atoms with van der Waals surface area (Å²) in [5, 5.41) is 14.1. The van der Waals surface area contributed by atoms with Crippen molar-refractivity contribution >= 4 is 45.7 Å². The van der Waals surface area contributed by atoms with Crippen LogP contribution in [0.2, 0.25) is 0 Å². The molecule has 0 spiro atoms. The molecule has 0 unspecified atom stereocenters. The SMILES string of the molecule is N#CCCSc1ccccc1NC(=O)Cc1csc(N2CCCC2=O)n1. The molecule has 1 fully saturated rings. The third kappa shape index (κ3) is 4.62. The average molecular weight is 387 g/mol. The second-order valence-electron chi connectivity index (χ2n) is 5.75. The van der Waals surface area contributed by atoms with E-state index >= 15 is 0 Å². The Kier molecular flexibility index (Phi) is 6.26. The number of rotatable bonds is 7. The Bertz CT molecular complexity index is 844. The summed E-state index contributed by atoms with van der Waals surface area (Å²) in [6.07, 6.45) is 2.05. The Morgan fingerprint density at radius 1 is 1.42 bits per heavy atom. The fourth-order valence-corrected chi connectivity index (χ4v) is 4.34. The number of thioether (sulfide) groups is 1. The van der Waals surface area contributed by atoms with Gasteiger partial charge in [-0.25, -0.2) is 4.98 Å². The molecule has 1 aromatic carbocycles. The smallest absolute Gasteiger partial charge is 0.230 e. The van der Waals surface area contributed by atoms with E-state index in [0.717, 1.165) is 17.0 Å². The molecule has 0 bridgehead atoms. The quantitative estimate of drug-likeness (QED) is 0.582. The summed E-state index contributed by atoms with van der Waals surface area (Å²) in [6.45, 7) is 0.700. The molecule has 1 aliphatic rings. The van der Waals surface area contributed by atoms with Gasteiger partial charge in [0.2, 0.25) is 11.8 Å². The molecular formula is C18H18N4O2S2. The van der Waals surface area contributed by atoms with Crippen molar-refractivity contribution in [2.75, 3.05) is 22.5 Å². The Morgan fingerprint density at radius 3 is 3.04 bits per heavy atom. The van der Waals surface area contributed by atoms with E-state index in [1.165, 1.54) is 11.3 Å². The number of carbonyl (C=O) groups excluding carboxylic acids is 2. The highest BCUT2D eigenvalue weighted by atomic mass is 32.2. The van der Waals surface area contributed by atoms with E-state index in [9.17, 15) is 9.59 Å². The van der Waals surface area contributed by atoms with Crippen LogP contribution in [0.5, 0.6) is 0 Å². The fraction of sp³-hybridized carbons (Fsp3) is 0.333. The lowest BCUT2D eigenvalue weighted by molar-refractivity contribution is -0.117. The minimum atomic E-state index is -0.150. The number of aromatic nitrogens is 1. The zero-order chi connectivity index (χ0) is 18.4. The molecule has 134 valence electrons. The van der Waals surface area contributed by atoms with E-state index in [4.69, 9.17) is 5.26 Å². The van der Waals surface area contributed by atoms with Crippen LogP contribution in [0.4, 0.5) is 10.8 Å². The molecule has 1 aliphatic heterocycles. The molecule has 2 aromatic rings. The lowest BCUT2D eigenvalue weighted by Crippen LogP contribution is -2.23. The van der Waals surface area contributed by atoms with Crippen molar-refractivity contribution in [2.45, 2.75) is 30.6 Å². The van der Waals surface area contributed by atoms with Gasteiger partial charge in [-0.1, -0.05) is 12.1 Å². The highest BCUT2D eigenvalue weighted by Crippen LogP contribution is 2.28. The van der Waals surface area contributed by atoms with Crippen molar-refractivity contribution < 1.29 is 9.59 Å². The number of nitrogens with one attached hydrogen (secondary N) is 1. The van der Waals surface area contributed by atoms with Gasteiger partial charge in [0.05, 0.1) is 23.9 Å². The van der Waals surface area contributed by atoms with Crippen LogP contribution >= 0.6 is 23.1 Å². The van der Waals surface area contributed by atoms with Gasteiger partial charge in [0.1, 0.15) is 0 Å². The van der Waals surface area contributed by atoms with Crippen LogP contribution in [0.3, 0.4) is 0 Å². The first kappa shape index (κ1) is 18.4. The number of nitriles is 1. The number of carbonyl (C=O) groups is 2. The Hall–Kier alpha value is -2.37. The second-order valence-corrected chi connectivity index (χ2v) is 7.72. The van der Waals surface area contributed by atoms with Gasteiger partial charge in [0, 0.05) is 35.4 Å². The lowest BCUT2D eigenvalue weighted by atomic mass is 10.3. The minimum absolute atomic E-state index is 0.0960. The first-order valence-corrected chi connectivity index (χ1v) is 10.2. The van der Waals surface area contributed by atoms with Gasteiger partial charge in [-0.2, -0.15) is 5.26 Å². The van der Waals surface area contributed by atoms with E-state index in [1.807, 2.05) is 29.6 Å². The number of hydrogen-bond donors (Lipinski definition) is 1. The van der Waals surface area contributed by atoms with E-state index < -0.39 is 0 Å². The summed E-state index contributed by atoms with van der Waals surface area (Å²) in [4.78, 5) is 31.2. The molecule has 2 amide bonds. The maximum Gasteiger partial charge on any atom is 0.230 e. The van der Waals surface area contributed by atoms with E-state index in [1.54, 1.807) is 16.7 Å². The molecule has 0 aliphatic carbocycles. The Morgan fingerprint density at radius 2 is 2.27 bits per heavy atom. The van der Waals surface area contributed by atoms with Gasteiger partial charge in [-0.05, 0) is 18.6 Å². The zero-order valence-electron chi connectivity index (χ0n) is 14.1. The van der Waals surface area contributed by atoms with Gasteiger partial charge in [0.15, 0.2) is 5.13 Å². The summed E-state index contributed by atoms with van der Waals surface area (Å²) in [6, 6.07) is 9.67. The molecule has 0 atom stereocenters. The first-order chi connectivity index (χ1) is 12.7. The van der Waals surface area contributed by atoms with Gasteiger partial charge >= 0.3 is 0 Å². The van der Waals surface area contributed by atoms with Gasteiger partial charge in [-0.3, -0.25) is 14.5 Å². The van der Waals surface area contributed by atoms with Crippen molar-refractivity contribution in [3.63, 3.8) is 0 Å². The lowest BCUT2D eigenvalue weighted by Gasteiger charge is -2.11. The van der Waals surface area contributed by atoms with Gasteiger partial charge < -0.3 is 5.32 Å². The largest absolute Gasteiger partial charge is 0.325 e. The predicted octanol–water partition coefficient (Wildman–Crippen LogP) is 3.46. The van der Waals surface area contributed by atoms with Crippen LogP contribution in [0, 0.1) is 11.3 Å². The van der Waals surface area contributed by atoms with Gasteiger partial charge in [0.25, 0.3) is 0 Å². The molecule has 3 rings (SSSR count). The molecule has 2 heterocycles. The Balaban J connectivity index is 1.60. The summed E-state index contributed by atoms with van der Waals surface area (Å²) in [7, 11) is 0. The zero-order valence-corrected chi connectivity index (χ0v) is 15.7. The van der Waals surface area contributed by atoms with Crippen molar-refractivity contribution in [3.05, 3.63) is 35.3 Å². The predicted molar refractivity (Wildman–Crippen MR) is 103 cm³/mol.